The lowest BCUT2D eigenvalue weighted by Crippen LogP contribution is -2.30. The molecular weight excluding hydrogens is 701 g/mol. The highest BCUT2D eigenvalue weighted by molar-refractivity contribution is 7.86. The predicted molar refractivity (Wildman–Crippen MR) is 172 cm³/mol. The van der Waals surface area contributed by atoms with E-state index in [2.05, 4.69) is 20.9 Å². The fourth-order valence-corrected chi connectivity index (χ4v) is 5.27. The third kappa shape index (κ3) is 16.8. The summed E-state index contributed by atoms with van der Waals surface area (Å²) in [5.41, 5.74) is 0.970. The van der Waals surface area contributed by atoms with Crippen LogP contribution in [0.2, 0.25) is 0 Å². The maximum absolute atomic E-state index is 13.1. The molecule has 0 spiro atoms. The van der Waals surface area contributed by atoms with Crippen molar-refractivity contribution in [1.82, 2.24) is 10.6 Å². The number of amides is 2. The Morgan fingerprint density at radius 3 is 1.48 bits per heavy atom. The zero-order valence-corrected chi connectivity index (χ0v) is 28.4. The van der Waals surface area contributed by atoms with Crippen LogP contribution in [0.15, 0.2) is 46.6 Å². The van der Waals surface area contributed by atoms with Crippen molar-refractivity contribution in [1.29, 1.82) is 0 Å². The molecule has 2 amide bonds. The van der Waals surface area contributed by atoms with Gasteiger partial charge in [-0.15, -0.1) is 0 Å². The van der Waals surface area contributed by atoms with Crippen molar-refractivity contribution >= 4 is 47.9 Å². The summed E-state index contributed by atoms with van der Waals surface area (Å²) in [5.74, 6) is -3.27. The van der Waals surface area contributed by atoms with Crippen LogP contribution in [0.5, 0.6) is 17.2 Å². The van der Waals surface area contributed by atoms with Gasteiger partial charge in [0.05, 0.1) is 42.8 Å². The standard InChI is InChI=1S/C27H38N4O14S3/c1-28-31-22-8-6-20(7-9-22)26(32)29-10-2-11-30-27(33)21-18-23(43-12-3-15-46(34,35)36)25(45-14-5-17-48(40,41)42)24(19-21)44-13-4-16-47(37,38)39/h6-9,18-19H,2-5,10-17H2,1H3,(H,29,32)(H,30,33)(H,34,35,36)(H,37,38,39)(H,40,41,42)/b31-28+. The summed E-state index contributed by atoms with van der Waals surface area (Å²) in [5, 5.41) is 12.9. The lowest BCUT2D eigenvalue weighted by molar-refractivity contribution is 0.0950. The molecule has 0 bridgehead atoms. The molecule has 0 aromatic heterocycles. The van der Waals surface area contributed by atoms with E-state index in [9.17, 15) is 34.8 Å². The molecule has 2 aromatic carbocycles. The van der Waals surface area contributed by atoms with Crippen molar-refractivity contribution < 1.29 is 62.7 Å². The molecule has 0 aliphatic rings. The van der Waals surface area contributed by atoms with Crippen LogP contribution in [0, 0.1) is 0 Å². The summed E-state index contributed by atoms with van der Waals surface area (Å²) in [4.78, 5) is 25.5. The number of nitrogens with one attached hydrogen (secondary N) is 2. The van der Waals surface area contributed by atoms with Gasteiger partial charge in [-0.25, -0.2) is 0 Å². The lowest BCUT2D eigenvalue weighted by atomic mass is 10.1. The molecule has 0 aliphatic carbocycles. The van der Waals surface area contributed by atoms with Gasteiger partial charge in [-0.3, -0.25) is 23.2 Å². The average Bonchev–Trinajstić information content (AvgIpc) is 2.99. The minimum absolute atomic E-state index is 0.0248. The smallest absolute Gasteiger partial charge is 0.264 e. The van der Waals surface area contributed by atoms with Crippen LogP contribution in [0.1, 0.15) is 46.4 Å². The molecule has 0 saturated heterocycles. The van der Waals surface area contributed by atoms with Gasteiger partial charge in [0.15, 0.2) is 11.5 Å². The fraction of sp³-hybridized carbons (Fsp3) is 0.481. The van der Waals surface area contributed by atoms with Crippen molar-refractivity contribution in [3.8, 4) is 17.2 Å². The maximum Gasteiger partial charge on any atom is 0.264 e. The maximum atomic E-state index is 13.1. The van der Waals surface area contributed by atoms with Crippen LogP contribution in [0.3, 0.4) is 0 Å². The number of carbonyl (C=O) groups excluding carboxylic acids is 2. The predicted octanol–water partition coefficient (Wildman–Crippen LogP) is 1.92. The molecule has 18 nitrogen and oxygen atoms in total. The Hall–Kier alpha value is -3.89. The zero-order chi connectivity index (χ0) is 35.8. The molecule has 268 valence electrons. The largest absolute Gasteiger partial charge is 0.489 e. The molecule has 0 aliphatic heterocycles. The third-order valence-corrected chi connectivity index (χ3v) is 8.37. The first-order chi connectivity index (χ1) is 22.5. The van der Waals surface area contributed by atoms with Gasteiger partial charge < -0.3 is 24.8 Å². The molecule has 0 radical (unpaired) electrons. The Labute approximate surface area is 278 Å². The monoisotopic (exact) mass is 738 g/mol. The van der Waals surface area contributed by atoms with Crippen LogP contribution in [-0.2, 0) is 30.4 Å². The second-order valence-electron chi connectivity index (χ2n) is 9.98. The Morgan fingerprint density at radius 1 is 0.646 bits per heavy atom. The van der Waals surface area contributed by atoms with E-state index in [1.165, 1.54) is 19.2 Å². The molecule has 0 fully saturated rings. The first kappa shape index (κ1) is 40.3. The minimum Gasteiger partial charge on any atom is -0.489 e. The highest BCUT2D eigenvalue weighted by atomic mass is 32.2. The molecule has 21 heteroatoms. The third-order valence-electron chi connectivity index (χ3n) is 5.95. The quantitative estimate of drug-likeness (QED) is 0.0656. The van der Waals surface area contributed by atoms with Crippen molar-refractivity contribution in [2.75, 3.05) is 57.2 Å². The van der Waals surface area contributed by atoms with E-state index in [0.29, 0.717) is 17.7 Å². The van der Waals surface area contributed by atoms with Gasteiger partial charge in [0.2, 0.25) is 5.75 Å². The van der Waals surface area contributed by atoms with Gasteiger partial charge in [0.1, 0.15) is 0 Å². The van der Waals surface area contributed by atoms with E-state index in [-0.39, 0.29) is 80.9 Å². The van der Waals surface area contributed by atoms with Crippen molar-refractivity contribution in [3.63, 3.8) is 0 Å². The van der Waals surface area contributed by atoms with E-state index in [1.807, 2.05) is 0 Å². The van der Waals surface area contributed by atoms with Crippen molar-refractivity contribution in [2.24, 2.45) is 10.2 Å². The molecular formula is C27H38N4O14S3. The van der Waals surface area contributed by atoms with Gasteiger partial charge in [0, 0.05) is 31.3 Å². The molecule has 0 saturated carbocycles. The van der Waals surface area contributed by atoms with Crippen molar-refractivity contribution in [2.45, 2.75) is 25.7 Å². The molecule has 2 aromatic rings. The van der Waals surface area contributed by atoms with E-state index in [0.717, 1.165) is 0 Å². The highest BCUT2D eigenvalue weighted by Gasteiger charge is 2.20. The molecule has 48 heavy (non-hydrogen) atoms. The highest BCUT2D eigenvalue weighted by Crippen LogP contribution is 2.39. The van der Waals surface area contributed by atoms with Crippen LogP contribution in [0.25, 0.3) is 0 Å². The van der Waals surface area contributed by atoms with Crippen LogP contribution < -0.4 is 24.8 Å². The summed E-state index contributed by atoms with van der Waals surface area (Å²) in [6.45, 7) is -0.499. The zero-order valence-electron chi connectivity index (χ0n) is 25.9. The summed E-state index contributed by atoms with van der Waals surface area (Å²) in [6, 6.07) is 8.95. The first-order valence-electron chi connectivity index (χ1n) is 14.4. The average molecular weight is 739 g/mol. The number of hydrogen-bond acceptors (Lipinski definition) is 13. The van der Waals surface area contributed by atoms with E-state index >= 15 is 0 Å². The second-order valence-corrected chi connectivity index (χ2v) is 14.7. The summed E-state index contributed by atoms with van der Waals surface area (Å²) in [7, 11) is -11.4. The number of ether oxygens (including phenoxy) is 3. The van der Waals surface area contributed by atoms with Gasteiger partial charge in [-0.05, 0) is 62.1 Å². The first-order valence-corrected chi connectivity index (χ1v) is 19.2. The molecule has 2 rings (SSSR count). The Morgan fingerprint density at radius 2 is 1.06 bits per heavy atom. The van der Waals surface area contributed by atoms with Crippen LogP contribution >= 0.6 is 0 Å². The minimum atomic E-state index is -4.30. The number of hydrogen-bond donors (Lipinski definition) is 5. The van der Waals surface area contributed by atoms with E-state index < -0.39 is 53.5 Å². The van der Waals surface area contributed by atoms with Gasteiger partial charge in [0.25, 0.3) is 42.2 Å². The van der Waals surface area contributed by atoms with Crippen LogP contribution in [-0.4, -0.2) is 108 Å². The number of benzene rings is 2. The number of rotatable bonds is 22. The SMILES string of the molecule is C/N=N/c1ccc(C(=O)NCCCNC(=O)c2cc(OCCCS(=O)(=O)O)c(OCCCS(=O)(=O)O)c(OCCCS(=O)(=O)O)c2)cc1. The second kappa shape index (κ2) is 19.2. The normalized spacial score (nSPS) is 12.1. The molecule has 5 N–H and O–H groups in total. The lowest BCUT2D eigenvalue weighted by Gasteiger charge is -2.19. The fourth-order valence-electron chi connectivity index (χ4n) is 3.82. The van der Waals surface area contributed by atoms with Gasteiger partial charge >= 0.3 is 0 Å². The van der Waals surface area contributed by atoms with Crippen LogP contribution in [0.4, 0.5) is 5.69 Å². The van der Waals surface area contributed by atoms with Crippen molar-refractivity contribution in [3.05, 3.63) is 47.5 Å². The summed E-state index contributed by atoms with van der Waals surface area (Å²) < 4.78 is 111. The van der Waals surface area contributed by atoms with Gasteiger partial charge in [-0.2, -0.15) is 35.5 Å². The Bertz CT molecular complexity index is 1670. The Kier molecular flexibility index (Phi) is 16.1. The van der Waals surface area contributed by atoms with E-state index in [1.54, 1.807) is 24.3 Å². The van der Waals surface area contributed by atoms with Gasteiger partial charge in [-0.1, -0.05) is 0 Å². The Balaban J connectivity index is 2.17. The number of azo groups is 1. The van der Waals surface area contributed by atoms with E-state index in [4.69, 9.17) is 27.9 Å². The molecule has 0 unspecified atom stereocenters. The number of carbonyl (C=O) groups is 2. The summed E-state index contributed by atoms with van der Waals surface area (Å²) in [6.07, 6.45) is -0.158. The molecule has 0 heterocycles. The topological polar surface area (TPSA) is 274 Å². The number of nitrogens with zero attached hydrogens (tertiary/aromatic N) is 2. The summed E-state index contributed by atoms with van der Waals surface area (Å²) >= 11 is 0. The molecule has 0 atom stereocenters.